The third kappa shape index (κ3) is 6.90. The van der Waals surface area contributed by atoms with Gasteiger partial charge in [-0.05, 0) is 12.8 Å². The number of hydrogen-bond acceptors (Lipinski definition) is 2. The molecule has 0 spiro atoms. The Hall–Kier alpha value is -1.10. The minimum atomic E-state index is 0.593. The molecule has 0 aromatic heterocycles. The summed E-state index contributed by atoms with van der Waals surface area (Å²) in [6.07, 6.45) is 6.36. The molecule has 0 heterocycles. The van der Waals surface area contributed by atoms with Crippen molar-refractivity contribution in [3.05, 3.63) is 12.2 Å². The Morgan fingerprint density at radius 3 is 2.78 bits per heavy atom. The third-order valence-electron chi connectivity index (χ3n) is 0.885. The zero-order valence-corrected chi connectivity index (χ0v) is 5.21. The Bertz CT molecular complexity index is 132. The van der Waals surface area contributed by atoms with Crippen LogP contribution in [0.3, 0.4) is 0 Å². The zero-order valence-electron chi connectivity index (χ0n) is 5.21. The zero-order chi connectivity index (χ0) is 6.95. The molecular weight excluding hydrogens is 114 g/mol. The number of unbranched alkanes of at least 4 members (excludes halogenated alkanes) is 2. The Labute approximate surface area is 54.8 Å². The number of aldehydes is 1. The lowest BCUT2D eigenvalue weighted by atomic mass is 10.2. The molecule has 0 aromatic rings. The normalized spacial score (nSPS) is 9.22. The molecule has 0 aliphatic rings. The average Bonchev–Trinajstić information content (AvgIpc) is 1.89. The summed E-state index contributed by atoms with van der Waals surface area (Å²) >= 11 is 0. The van der Waals surface area contributed by atoms with E-state index in [9.17, 15) is 4.79 Å². The molecule has 48 valence electrons. The Balaban J connectivity index is 3.01. The minimum absolute atomic E-state index is 0.593. The van der Waals surface area contributed by atoms with E-state index >= 15 is 0 Å². The van der Waals surface area contributed by atoms with Crippen molar-refractivity contribution in [2.45, 2.75) is 19.3 Å². The summed E-state index contributed by atoms with van der Waals surface area (Å²) in [4.78, 5) is 9.75. The number of allylic oxidation sites excluding steroid dienone is 2. The van der Waals surface area contributed by atoms with Crippen LogP contribution in [-0.2, 0) is 4.79 Å². The number of rotatable bonds is 4. The van der Waals surface area contributed by atoms with Crippen molar-refractivity contribution in [3.63, 3.8) is 0 Å². The molecule has 0 unspecified atom stereocenters. The van der Waals surface area contributed by atoms with Crippen LogP contribution in [0.15, 0.2) is 12.2 Å². The van der Waals surface area contributed by atoms with Crippen molar-refractivity contribution >= 4 is 6.29 Å². The van der Waals surface area contributed by atoms with Gasteiger partial charge in [-0.1, -0.05) is 6.08 Å². The molecule has 9 heavy (non-hydrogen) atoms. The summed E-state index contributed by atoms with van der Waals surface area (Å²) in [6, 6.07) is 1.88. The number of hydrogen-bond donors (Lipinski definition) is 0. The minimum Gasteiger partial charge on any atom is -0.303 e. The van der Waals surface area contributed by atoms with Gasteiger partial charge in [-0.25, -0.2) is 0 Å². The van der Waals surface area contributed by atoms with Crippen LogP contribution in [-0.4, -0.2) is 6.29 Å². The second-order valence-electron chi connectivity index (χ2n) is 1.63. The molecule has 2 heteroatoms. The Morgan fingerprint density at radius 1 is 1.44 bits per heavy atom. The fraction of sp³-hybridized carbons (Fsp3) is 0.429. The summed E-state index contributed by atoms with van der Waals surface area (Å²) in [6.45, 7) is 0. The molecule has 0 radical (unpaired) electrons. The van der Waals surface area contributed by atoms with E-state index in [1.54, 1.807) is 6.08 Å². The maximum Gasteiger partial charge on any atom is 0.120 e. The quantitative estimate of drug-likeness (QED) is 0.322. The van der Waals surface area contributed by atoms with E-state index in [1.165, 1.54) is 6.08 Å². The van der Waals surface area contributed by atoms with E-state index in [0.29, 0.717) is 6.42 Å². The van der Waals surface area contributed by atoms with Crippen LogP contribution in [0.4, 0.5) is 0 Å². The predicted molar refractivity (Wildman–Crippen MR) is 34.7 cm³/mol. The van der Waals surface area contributed by atoms with E-state index in [0.717, 1.165) is 19.1 Å². The van der Waals surface area contributed by atoms with Crippen molar-refractivity contribution < 1.29 is 4.79 Å². The maximum atomic E-state index is 9.75. The first-order valence-electron chi connectivity index (χ1n) is 2.90. The highest BCUT2D eigenvalue weighted by Crippen LogP contribution is 1.92. The molecule has 0 N–H and O–H groups in total. The van der Waals surface area contributed by atoms with Gasteiger partial charge in [0.05, 0.1) is 6.07 Å². The van der Waals surface area contributed by atoms with E-state index in [2.05, 4.69) is 0 Å². The first-order chi connectivity index (χ1) is 4.41. The topological polar surface area (TPSA) is 40.9 Å². The molecule has 0 aliphatic carbocycles. The lowest BCUT2D eigenvalue weighted by Gasteiger charge is -1.82. The molecule has 0 bridgehead atoms. The molecule has 0 atom stereocenters. The SMILES string of the molecule is N#C/C=C/CCCC=O. The van der Waals surface area contributed by atoms with E-state index in [4.69, 9.17) is 5.26 Å². The van der Waals surface area contributed by atoms with Gasteiger partial charge in [-0.2, -0.15) is 5.26 Å². The first-order valence-corrected chi connectivity index (χ1v) is 2.90. The summed E-state index contributed by atoms with van der Waals surface area (Å²) in [5, 5.41) is 8.02. The Kier molecular flexibility index (Phi) is 6.06. The highest BCUT2D eigenvalue weighted by molar-refractivity contribution is 5.49. The number of carbonyl (C=O) groups excluding carboxylic acids is 1. The molecule has 0 saturated carbocycles. The lowest BCUT2D eigenvalue weighted by molar-refractivity contribution is -0.107. The Morgan fingerprint density at radius 2 is 2.22 bits per heavy atom. The van der Waals surface area contributed by atoms with Crippen molar-refractivity contribution in [1.29, 1.82) is 5.26 Å². The van der Waals surface area contributed by atoms with Crippen LogP contribution in [0.1, 0.15) is 19.3 Å². The van der Waals surface area contributed by atoms with Crippen LogP contribution >= 0.6 is 0 Å². The number of carbonyl (C=O) groups is 1. The average molecular weight is 123 g/mol. The fourth-order valence-electron chi connectivity index (χ4n) is 0.455. The van der Waals surface area contributed by atoms with Gasteiger partial charge in [0, 0.05) is 12.5 Å². The van der Waals surface area contributed by atoms with Crippen molar-refractivity contribution in [2.75, 3.05) is 0 Å². The third-order valence-corrected chi connectivity index (χ3v) is 0.885. The molecule has 0 aromatic carbocycles. The van der Waals surface area contributed by atoms with Crippen LogP contribution in [0.2, 0.25) is 0 Å². The molecular formula is C7H9NO. The van der Waals surface area contributed by atoms with E-state index < -0.39 is 0 Å². The van der Waals surface area contributed by atoms with Crippen molar-refractivity contribution in [2.24, 2.45) is 0 Å². The van der Waals surface area contributed by atoms with Crippen LogP contribution in [0, 0.1) is 11.3 Å². The van der Waals surface area contributed by atoms with Crippen LogP contribution in [0.5, 0.6) is 0 Å². The predicted octanol–water partition coefficient (Wildman–Crippen LogP) is 1.44. The highest BCUT2D eigenvalue weighted by atomic mass is 16.1. The van der Waals surface area contributed by atoms with Gasteiger partial charge in [0.25, 0.3) is 0 Å². The summed E-state index contributed by atoms with van der Waals surface area (Å²) in [7, 11) is 0. The fourth-order valence-corrected chi connectivity index (χ4v) is 0.455. The smallest absolute Gasteiger partial charge is 0.120 e. The number of nitriles is 1. The van der Waals surface area contributed by atoms with Crippen molar-refractivity contribution in [1.82, 2.24) is 0 Å². The van der Waals surface area contributed by atoms with E-state index in [1.807, 2.05) is 6.07 Å². The maximum absolute atomic E-state index is 9.75. The molecule has 0 aliphatic heterocycles. The number of nitrogens with zero attached hydrogens (tertiary/aromatic N) is 1. The van der Waals surface area contributed by atoms with Crippen LogP contribution < -0.4 is 0 Å². The van der Waals surface area contributed by atoms with Gasteiger partial charge in [0.15, 0.2) is 0 Å². The van der Waals surface area contributed by atoms with Gasteiger partial charge in [-0.3, -0.25) is 0 Å². The van der Waals surface area contributed by atoms with Crippen LogP contribution in [0.25, 0.3) is 0 Å². The molecule has 0 amide bonds. The first kappa shape index (κ1) is 7.90. The van der Waals surface area contributed by atoms with Crippen molar-refractivity contribution in [3.8, 4) is 6.07 Å². The van der Waals surface area contributed by atoms with Gasteiger partial charge in [0.1, 0.15) is 6.29 Å². The summed E-state index contributed by atoms with van der Waals surface area (Å²) < 4.78 is 0. The molecule has 0 fully saturated rings. The lowest BCUT2D eigenvalue weighted by Crippen LogP contribution is -1.72. The van der Waals surface area contributed by atoms with Gasteiger partial charge in [0.2, 0.25) is 0 Å². The van der Waals surface area contributed by atoms with Gasteiger partial charge >= 0.3 is 0 Å². The summed E-state index contributed by atoms with van der Waals surface area (Å²) in [5.74, 6) is 0. The monoisotopic (exact) mass is 123 g/mol. The second-order valence-corrected chi connectivity index (χ2v) is 1.63. The highest BCUT2D eigenvalue weighted by Gasteiger charge is 1.79. The standard InChI is InChI=1S/C7H9NO/c8-6-4-2-1-3-5-7-9/h2,4,7H,1,3,5H2/b4-2+. The second kappa shape index (κ2) is 6.90. The molecule has 0 saturated heterocycles. The molecule has 0 rings (SSSR count). The summed E-state index contributed by atoms with van der Waals surface area (Å²) in [5.41, 5.74) is 0. The van der Waals surface area contributed by atoms with Gasteiger partial charge in [-0.15, -0.1) is 0 Å². The van der Waals surface area contributed by atoms with E-state index in [-0.39, 0.29) is 0 Å². The molecule has 2 nitrogen and oxygen atoms in total. The largest absolute Gasteiger partial charge is 0.303 e. The van der Waals surface area contributed by atoms with Gasteiger partial charge < -0.3 is 4.79 Å².